The van der Waals surface area contributed by atoms with E-state index in [9.17, 15) is 24.4 Å². The molecule has 1 saturated heterocycles. The lowest BCUT2D eigenvalue weighted by Crippen LogP contribution is -2.61. The molecule has 192 valence electrons. The van der Waals surface area contributed by atoms with Crippen molar-refractivity contribution in [3.63, 3.8) is 0 Å². The molecular formula is C23H25N3O9S. The third-order valence-corrected chi connectivity index (χ3v) is 6.15. The van der Waals surface area contributed by atoms with Crippen LogP contribution in [0.3, 0.4) is 0 Å². The van der Waals surface area contributed by atoms with Crippen molar-refractivity contribution in [1.82, 2.24) is 9.55 Å². The Morgan fingerprint density at radius 1 is 0.972 bits per heavy atom. The van der Waals surface area contributed by atoms with Crippen molar-refractivity contribution in [3.05, 3.63) is 24.3 Å². The van der Waals surface area contributed by atoms with Gasteiger partial charge in [0.15, 0.2) is 28.9 Å². The van der Waals surface area contributed by atoms with Crippen molar-refractivity contribution in [3.8, 4) is 6.07 Å². The molecule has 1 aliphatic rings. The highest BCUT2D eigenvalue weighted by atomic mass is 32.2. The van der Waals surface area contributed by atoms with E-state index < -0.39 is 53.7 Å². The minimum absolute atomic E-state index is 0.0197. The molecule has 3 rings (SSSR count). The number of hydrogen-bond donors (Lipinski definition) is 0. The van der Waals surface area contributed by atoms with Gasteiger partial charge in [-0.1, -0.05) is 23.9 Å². The Morgan fingerprint density at radius 2 is 1.58 bits per heavy atom. The fourth-order valence-electron chi connectivity index (χ4n) is 3.75. The third kappa shape index (κ3) is 6.52. The largest absolute Gasteiger partial charge is 0.463 e. The minimum Gasteiger partial charge on any atom is -0.463 e. The van der Waals surface area contributed by atoms with Crippen molar-refractivity contribution in [1.29, 1.82) is 5.26 Å². The van der Waals surface area contributed by atoms with Gasteiger partial charge in [0, 0.05) is 27.7 Å². The fraction of sp³-hybridized carbons (Fsp3) is 0.478. The second kappa shape index (κ2) is 11.9. The number of rotatable bonds is 8. The van der Waals surface area contributed by atoms with E-state index in [1.807, 2.05) is 0 Å². The second-order valence-electron chi connectivity index (χ2n) is 7.81. The standard InChI is InChI=1S/C23H25N3O9S/c1-12(27)31-11-18-19(32-13(2)28)20(33-14(3)29)21(34-15(4)30)22(35-18)36-23-25-16-7-5-6-8-17(16)26(23)10-9-24/h5-8,18-22H,10-11H2,1-4H3. The van der Waals surface area contributed by atoms with Gasteiger partial charge in [0.05, 0.1) is 17.1 Å². The van der Waals surface area contributed by atoms with Gasteiger partial charge in [0.1, 0.15) is 19.3 Å². The lowest BCUT2D eigenvalue weighted by atomic mass is 9.99. The van der Waals surface area contributed by atoms with Gasteiger partial charge in [-0.25, -0.2) is 4.98 Å². The lowest BCUT2D eigenvalue weighted by Gasteiger charge is -2.43. The summed E-state index contributed by atoms with van der Waals surface area (Å²) in [6.07, 6.45) is -4.83. The molecule has 0 spiro atoms. The van der Waals surface area contributed by atoms with Crippen molar-refractivity contribution in [2.24, 2.45) is 0 Å². The molecule has 1 aliphatic heterocycles. The predicted molar refractivity (Wildman–Crippen MR) is 123 cm³/mol. The number of fused-ring (bicyclic) bond motifs is 1. The summed E-state index contributed by atoms with van der Waals surface area (Å²) in [7, 11) is 0. The Hall–Kier alpha value is -3.63. The second-order valence-corrected chi connectivity index (χ2v) is 8.88. The van der Waals surface area contributed by atoms with Gasteiger partial charge in [-0.3, -0.25) is 19.2 Å². The third-order valence-electron chi connectivity index (χ3n) is 5.02. The van der Waals surface area contributed by atoms with Crippen LogP contribution in [0.15, 0.2) is 29.4 Å². The van der Waals surface area contributed by atoms with Crippen molar-refractivity contribution in [2.45, 2.75) is 69.2 Å². The van der Waals surface area contributed by atoms with Crippen molar-refractivity contribution in [2.75, 3.05) is 6.61 Å². The zero-order chi connectivity index (χ0) is 26.4. The molecule has 12 nitrogen and oxygen atoms in total. The molecule has 1 aromatic heterocycles. The normalized spacial score (nSPS) is 23.4. The lowest BCUT2D eigenvalue weighted by molar-refractivity contribution is -0.237. The molecule has 5 unspecified atom stereocenters. The van der Waals surface area contributed by atoms with E-state index in [4.69, 9.17) is 23.7 Å². The average molecular weight is 520 g/mol. The van der Waals surface area contributed by atoms with Crippen LogP contribution in [0.4, 0.5) is 0 Å². The number of imidazole rings is 1. The number of thioether (sulfide) groups is 1. The zero-order valence-corrected chi connectivity index (χ0v) is 20.9. The highest BCUT2D eigenvalue weighted by Crippen LogP contribution is 2.38. The molecule has 36 heavy (non-hydrogen) atoms. The topological polar surface area (TPSA) is 156 Å². The first kappa shape index (κ1) is 27.0. The first-order valence-electron chi connectivity index (χ1n) is 10.9. The van der Waals surface area contributed by atoms with E-state index in [1.54, 1.807) is 28.8 Å². The summed E-state index contributed by atoms with van der Waals surface area (Å²) >= 11 is 1.03. The number of carbonyl (C=O) groups is 4. The van der Waals surface area contributed by atoms with Crippen molar-refractivity contribution >= 4 is 46.7 Å². The van der Waals surface area contributed by atoms with E-state index in [2.05, 4.69) is 11.1 Å². The van der Waals surface area contributed by atoms with Crippen LogP contribution in [0, 0.1) is 11.3 Å². The number of benzene rings is 1. The van der Waals surface area contributed by atoms with Crippen LogP contribution < -0.4 is 0 Å². The number of ether oxygens (including phenoxy) is 5. The van der Waals surface area contributed by atoms with Gasteiger partial charge in [-0.15, -0.1) is 0 Å². The maximum atomic E-state index is 12.0. The highest BCUT2D eigenvalue weighted by Gasteiger charge is 2.52. The Balaban J connectivity index is 2.06. The number of nitriles is 1. The van der Waals surface area contributed by atoms with Gasteiger partial charge < -0.3 is 28.3 Å². The summed E-state index contributed by atoms with van der Waals surface area (Å²) in [6, 6.07) is 9.27. The quantitative estimate of drug-likeness (QED) is 0.368. The molecule has 0 bridgehead atoms. The highest BCUT2D eigenvalue weighted by molar-refractivity contribution is 7.99. The first-order chi connectivity index (χ1) is 17.1. The van der Waals surface area contributed by atoms with Crippen LogP contribution in [-0.4, -0.2) is 69.9 Å². The van der Waals surface area contributed by atoms with Crippen molar-refractivity contribution < 1.29 is 42.9 Å². The molecule has 0 radical (unpaired) electrons. The molecule has 1 fully saturated rings. The van der Waals surface area contributed by atoms with Gasteiger partial charge in [0.2, 0.25) is 0 Å². The smallest absolute Gasteiger partial charge is 0.303 e. The molecule has 0 N–H and O–H groups in total. The molecular weight excluding hydrogens is 494 g/mol. The van der Waals surface area contributed by atoms with Crippen LogP contribution in [-0.2, 0) is 49.4 Å². The average Bonchev–Trinajstić information content (AvgIpc) is 3.13. The summed E-state index contributed by atoms with van der Waals surface area (Å²) in [4.78, 5) is 51.9. The van der Waals surface area contributed by atoms with Crippen LogP contribution >= 0.6 is 11.8 Å². The summed E-state index contributed by atoms with van der Waals surface area (Å²) in [6.45, 7) is 4.33. The minimum atomic E-state index is -1.28. The van der Waals surface area contributed by atoms with Gasteiger partial charge in [0.25, 0.3) is 0 Å². The Kier molecular flexibility index (Phi) is 8.89. The molecule has 13 heteroatoms. The van der Waals surface area contributed by atoms with E-state index in [0.29, 0.717) is 16.2 Å². The van der Waals surface area contributed by atoms with Gasteiger partial charge >= 0.3 is 23.9 Å². The first-order valence-corrected chi connectivity index (χ1v) is 11.8. The van der Waals surface area contributed by atoms with Crippen LogP contribution in [0.25, 0.3) is 11.0 Å². The van der Waals surface area contributed by atoms with Crippen LogP contribution in [0.2, 0.25) is 0 Å². The molecule has 5 atom stereocenters. The van der Waals surface area contributed by atoms with E-state index in [-0.39, 0.29) is 13.2 Å². The predicted octanol–water partition coefficient (Wildman–Crippen LogP) is 1.74. The molecule has 1 aromatic carbocycles. The van der Waals surface area contributed by atoms with Crippen LogP contribution in [0.5, 0.6) is 0 Å². The Bertz CT molecular complexity index is 1190. The number of nitrogens with zero attached hydrogens (tertiary/aromatic N) is 3. The number of para-hydroxylation sites is 2. The SMILES string of the molecule is CC(=O)OCC1OC(Sc2nc3ccccc3n2CC#N)C(OC(C)=O)C(OC(C)=O)C1OC(C)=O. The summed E-state index contributed by atoms with van der Waals surface area (Å²) in [5, 5.41) is 9.73. The molecule has 0 saturated carbocycles. The molecule has 0 aliphatic carbocycles. The number of carbonyl (C=O) groups excluding carboxylic acids is 4. The summed E-state index contributed by atoms with van der Waals surface area (Å²) in [5.41, 5.74) is 0.285. The molecule has 2 aromatic rings. The van der Waals surface area contributed by atoms with Gasteiger partial charge in [-0.2, -0.15) is 5.26 Å². The molecule has 0 amide bonds. The van der Waals surface area contributed by atoms with Crippen LogP contribution in [0.1, 0.15) is 27.7 Å². The summed E-state index contributed by atoms with van der Waals surface area (Å²) in [5.74, 6) is -2.73. The fourth-order valence-corrected chi connectivity index (χ4v) is 4.95. The number of hydrogen-bond acceptors (Lipinski definition) is 12. The maximum absolute atomic E-state index is 12.0. The summed E-state index contributed by atoms with van der Waals surface area (Å²) < 4.78 is 29.2. The van der Waals surface area contributed by atoms with Gasteiger partial charge in [-0.05, 0) is 12.1 Å². The zero-order valence-electron chi connectivity index (χ0n) is 20.0. The van der Waals surface area contributed by atoms with E-state index in [1.165, 1.54) is 13.8 Å². The number of aromatic nitrogens is 2. The number of esters is 4. The maximum Gasteiger partial charge on any atom is 0.303 e. The Labute approximate surface area is 210 Å². The molecule has 2 heterocycles. The monoisotopic (exact) mass is 519 g/mol. The Morgan fingerprint density at radius 3 is 2.19 bits per heavy atom. The van der Waals surface area contributed by atoms with E-state index in [0.717, 1.165) is 25.6 Å². The van der Waals surface area contributed by atoms with E-state index >= 15 is 0 Å².